The number of anilines is 2. The Morgan fingerprint density at radius 3 is 2.73 bits per heavy atom. The predicted octanol–water partition coefficient (Wildman–Crippen LogP) is 0.645. The van der Waals surface area contributed by atoms with Gasteiger partial charge in [0.1, 0.15) is 5.75 Å². The zero-order valence-electron chi connectivity index (χ0n) is 8.19. The molecule has 6 nitrogen and oxygen atoms in total. The second-order valence-corrected chi connectivity index (χ2v) is 3.00. The van der Waals surface area contributed by atoms with Crippen LogP contribution in [0.3, 0.4) is 0 Å². The molecular formula is C9H11N5O. The number of ether oxygens (including phenoxy) is 1. The topological polar surface area (TPSA) is 103 Å². The maximum atomic E-state index is 5.64. The van der Waals surface area contributed by atoms with E-state index < -0.39 is 0 Å². The van der Waals surface area contributed by atoms with Gasteiger partial charge in [-0.3, -0.25) is 5.10 Å². The monoisotopic (exact) mass is 205 g/mol. The van der Waals surface area contributed by atoms with E-state index in [1.807, 2.05) is 0 Å². The van der Waals surface area contributed by atoms with Crippen LogP contribution in [0.25, 0.3) is 11.4 Å². The number of nitrogens with two attached hydrogens (primary N) is 2. The van der Waals surface area contributed by atoms with E-state index in [1.54, 1.807) is 25.3 Å². The van der Waals surface area contributed by atoms with Crippen molar-refractivity contribution in [3.8, 4) is 17.1 Å². The van der Waals surface area contributed by atoms with Crippen LogP contribution in [0.1, 0.15) is 0 Å². The van der Waals surface area contributed by atoms with E-state index in [2.05, 4.69) is 15.2 Å². The van der Waals surface area contributed by atoms with E-state index in [9.17, 15) is 0 Å². The van der Waals surface area contributed by atoms with Crippen LogP contribution in [-0.2, 0) is 0 Å². The largest absolute Gasteiger partial charge is 0.496 e. The van der Waals surface area contributed by atoms with E-state index in [1.165, 1.54) is 0 Å². The number of rotatable bonds is 2. The lowest BCUT2D eigenvalue weighted by Crippen LogP contribution is -1.92. The van der Waals surface area contributed by atoms with Crippen molar-refractivity contribution < 1.29 is 4.74 Å². The van der Waals surface area contributed by atoms with Crippen molar-refractivity contribution in [1.82, 2.24) is 15.2 Å². The Kier molecular flexibility index (Phi) is 2.17. The average molecular weight is 205 g/mol. The maximum absolute atomic E-state index is 5.64. The third kappa shape index (κ3) is 1.69. The Labute approximate surface area is 86.3 Å². The Bertz CT molecular complexity index is 479. The summed E-state index contributed by atoms with van der Waals surface area (Å²) in [5, 5.41) is 6.45. The molecule has 0 radical (unpaired) electrons. The molecule has 0 aliphatic carbocycles. The highest BCUT2D eigenvalue weighted by Gasteiger charge is 2.09. The van der Waals surface area contributed by atoms with Crippen LogP contribution in [0.4, 0.5) is 11.6 Å². The number of aromatic amines is 1. The Morgan fingerprint density at radius 1 is 1.33 bits per heavy atom. The molecule has 0 amide bonds. The van der Waals surface area contributed by atoms with E-state index in [0.717, 1.165) is 5.56 Å². The molecule has 0 spiro atoms. The quantitative estimate of drug-likeness (QED) is 0.624. The summed E-state index contributed by atoms with van der Waals surface area (Å²) in [6.45, 7) is 0. The standard InChI is InChI=1S/C9H11N5O/c1-15-7-4-5(10)2-3-6(7)8-12-9(11)14-13-8/h2-4H,10H2,1H3,(H3,11,12,13,14). The molecule has 1 aromatic carbocycles. The minimum absolute atomic E-state index is 0.198. The highest BCUT2D eigenvalue weighted by Crippen LogP contribution is 2.29. The zero-order chi connectivity index (χ0) is 10.8. The molecule has 0 saturated heterocycles. The van der Waals surface area contributed by atoms with Gasteiger partial charge in [-0.15, -0.1) is 5.10 Å². The second kappa shape index (κ2) is 3.49. The van der Waals surface area contributed by atoms with Gasteiger partial charge in [-0.05, 0) is 12.1 Å². The lowest BCUT2D eigenvalue weighted by molar-refractivity contribution is 0.416. The lowest BCUT2D eigenvalue weighted by Gasteiger charge is -2.06. The molecule has 2 rings (SSSR count). The number of nitrogens with one attached hydrogen (secondary N) is 1. The molecule has 6 heteroatoms. The molecule has 0 saturated carbocycles. The van der Waals surface area contributed by atoms with Crippen molar-refractivity contribution in [3.63, 3.8) is 0 Å². The molecule has 0 bridgehead atoms. The van der Waals surface area contributed by atoms with Gasteiger partial charge in [0.15, 0.2) is 5.82 Å². The van der Waals surface area contributed by atoms with Crippen molar-refractivity contribution >= 4 is 11.6 Å². The molecule has 0 atom stereocenters. The van der Waals surface area contributed by atoms with Gasteiger partial charge >= 0.3 is 0 Å². The number of benzene rings is 1. The fourth-order valence-electron chi connectivity index (χ4n) is 1.30. The molecule has 15 heavy (non-hydrogen) atoms. The number of hydrogen-bond donors (Lipinski definition) is 3. The molecule has 5 N–H and O–H groups in total. The normalized spacial score (nSPS) is 10.2. The molecule has 0 fully saturated rings. The fourth-order valence-corrected chi connectivity index (χ4v) is 1.30. The Hall–Kier alpha value is -2.24. The predicted molar refractivity (Wildman–Crippen MR) is 57.2 cm³/mol. The van der Waals surface area contributed by atoms with Gasteiger partial charge in [-0.25, -0.2) is 0 Å². The molecular weight excluding hydrogens is 194 g/mol. The smallest absolute Gasteiger partial charge is 0.239 e. The Balaban J connectivity index is 2.52. The first-order valence-corrected chi connectivity index (χ1v) is 4.32. The number of nitrogens with zero attached hydrogens (tertiary/aromatic N) is 2. The first-order valence-electron chi connectivity index (χ1n) is 4.32. The van der Waals surface area contributed by atoms with Crippen LogP contribution in [0, 0.1) is 0 Å². The van der Waals surface area contributed by atoms with Crippen LogP contribution < -0.4 is 16.2 Å². The minimum atomic E-state index is 0.198. The zero-order valence-corrected chi connectivity index (χ0v) is 8.19. The van der Waals surface area contributed by atoms with E-state index >= 15 is 0 Å². The SMILES string of the molecule is COc1cc(N)ccc1-c1nc(N)n[nH]1. The molecule has 0 aliphatic rings. The average Bonchev–Trinajstić information content (AvgIpc) is 2.64. The number of nitrogen functional groups attached to an aromatic ring is 2. The van der Waals surface area contributed by atoms with Crippen molar-refractivity contribution in [1.29, 1.82) is 0 Å². The number of aromatic nitrogens is 3. The van der Waals surface area contributed by atoms with Crippen LogP contribution in [0.15, 0.2) is 18.2 Å². The summed E-state index contributed by atoms with van der Waals surface area (Å²) in [5.41, 5.74) is 12.5. The maximum Gasteiger partial charge on any atom is 0.239 e. The lowest BCUT2D eigenvalue weighted by atomic mass is 10.1. The van der Waals surface area contributed by atoms with Crippen molar-refractivity contribution in [3.05, 3.63) is 18.2 Å². The van der Waals surface area contributed by atoms with Gasteiger partial charge < -0.3 is 16.2 Å². The third-order valence-electron chi connectivity index (χ3n) is 1.98. The summed E-state index contributed by atoms with van der Waals surface area (Å²) in [6.07, 6.45) is 0. The van der Waals surface area contributed by atoms with Gasteiger partial charge in [0.25, 0.3) is 0 Å². The molecule has 0 unspecified atom stereocenters. The summed E-state index contributed by atoms with van der Waals surface area (Å²) in [6, 6.07) is 5.28. The second-order valence-electron chi connectivity index (χ2n) is 3.00. The van der Waals surface area contributed by atoms with Crippen LogP contribution in [0.2, 0.25) is 0 Å². The van der Waals surface area contributed by atoms with Gasteiger partial charge in [0.2, 0.25) is 5.95 Å². The summed E-state index contributed by atoms with van der Waals surface area (Å²) in [5.74, 6) is 1.39. The van der Waals surface area contributed by atoms with Crippen molar-refractivity contribution in [2.24, 2.45) is 0 Å². The van der Waals surface area contributed by atoms with Gasteiger partial charge in [0.05, 0.1) is 12.7 Å². The van der Waals surface area contributed by atoms with Crippen molar-refractivity contribution in [2.75, 3.05) is 18.6 Å². The number of H-pyrrole nitrogens is 1. The van der Waals surface area contributed by atoms with E-state index in [0.29, 0.717) is 17.3 Å². The van der Waals surface area contributed by atoms with Crippen molar-refractivity contribution in [2.45, 2.75) is 0 Å². The summed E-state index contributed by atoms with van der Waals surface area (Å²) >= 11 is 0. The molecule has 2 aromatic rings. The third-order valence-corrected chi connectivity index (χ3v) is 1.98. The summed E-state index contributed by atoms with van der Waals surface area (Å²) < 4.78 is 5.18. The van der Waals surface area contributed by atoms with Gasteiger partial charge in [0, 0.05) is 11.8 Å². The summed E-state index contributed by atoms with van der Waals surface area (Å²) in [7, 11) is 1.57. The molecule has 0 aliphatic heterocycles. The van der Waals surface area contributed by atoms with E-state index in [4.69, 9.17) is 16.2 Å². The highest BCUT2D eigenvalue weighted by atomic mass is 16.5. The fraction of sp³-hybridized carbons (Fsp3) is 0.111. The van der Waals surface area contributed by atoms with Crippen LogP contribution in [-0.4, -0.2) is 22.3 Å². The van der Waals surface area contributed by atoms with Gasteiger partial charge in [-0.2, -0.15) is 4.98 Å². The minimum Gasteiger partial charge on any atom is -0.496 e. The first kappa shape index (κ1) is 9.32. The molecule has 78 valence electrons. The number of methoxy groups -OCH3 is 1. The highest BCUT2D eigenvalue weighted by molar-refractivity contribution is 5.68. The van der Waals surface area contributed by atoms with Crippen LogP contribution in [0.5, 0.6) is 5.75 Å². The molecule has 1 aromatic heterocycles. The van der Waals surface area contributed by atoms with Crippen LogP contribution >= 0.6 is 0 Å². The summed E-state index contributed by atoms with van der Waals surface area (Å²) in [4.78, 5) is 4.01. The number of hydrogen-bond acceptors (Lipinski definition) is 5. The molecule has 1 heterocycles. The van der Waals surface area contributed by atoms with E-state index in [-0.39, 0.29) is 5.95 Å². The Morgan fingerprint density at radius 2 is 2.13 bits per heavy atom. The van der Waals surface area contributed by atoms with Gasteiger partial charge in [-0.1, -0.05) is 0 Å². The first-order chi connectivity index (χ1) is 7.20.